The molecule has 1 aromatic heterocycles. The molecule has 0 aliphatic rings. The zero-order chi connectivity index (χ0) is 16.2. The molecule has 1 heterocycles. The summed E-state index contributed by atoms with van der Waals surface area (Å²) in [5.74, 6) is 5.28. The van der Waals surface area contributed by atoms with Gasteiger partial charge in [-0.15, -0.1) is 0 Å². The second kappa shape index (κ2) is 6.24. The molecule has 3 rings (SSSR count). The van der Waals surface area contributed by atoms with E-state index in [0.29, 0.717) is 0 Å². The van der Waals surface area contributed by atoms with Gasteiger partial charge in [0.05, 0.1) is 5.27 Å². The number of hydrogen-bond donors (Lipinski definition) is 0. The first-order valence-electron chi connectivity index (χ1n) is 7.09. The molecule has 23 heavy (non-hydrogen) atoms. The Morgan fingerprint density at radius 3 is 2.35 bits per heavy atom. The first kappa shape index (κ1) is 14.7. The van der Waals surface area contributed by atoms with Crippen molar-refractivity contribution in [3.8, 4) is 23.5 Å². The molecule has 0 fully saturated rings. The third-order valence-corrected chi connectivity index (χ3v) is 3.32. The van der Waals surface area contributed by atoms with Gasteiger partial charge in [0, 0.05) is 43.4 Å². The van der Waals surface area contributed by atoms with Crippen LogP contribution in [-0.2, 0) is 0 Å². The van der Waals surface area contributed by atoms with Gasteiger partial charge in [0.15, 0.2) is 5.95 Å². The van der Waals surface area contributed by atoms with E-state index in [1.54, 1.807) is 0 Å². The Morgan fingerprint density at radius 1 is 1.00 bits per heavy atom. The Morgan fingerprint density at radius 2 is 1.70 bits per heavy atom. The monoisotopic (exact) mass is 305 g/mol. The lowest BCUT2D eigenvalue weighted by Crippen LogP contribution is -2.35. The Labute approximate surface area is 134 Å². The Hall–Kier alpha value is -3.26. The number of aromatic nitrogens is 2. The SMILES string of the molecule is CN(C)c1ccc(C#Cc2c([O-])on[n+]2-c2ccccc2)cc1. The Balaban J connectivity index is 1.94. The van der Waals surface area contributed by atoms with E-state index in [4.69, 9.17) is 4.52 Å². The van der Waals surface area contributed by atoms with Crippen LogP contribution in [0.2, 0.25) is 0 Å². The average Bonchev–Trinajstić information content (AvgIpc) is 2.95. The van der Waals surface area contributed by atoms with E-state index in [2.05, 4.69) is 17.1 Å². The summed E-state index contributed by atoms with van der Waals surface area (Å²) >= 11 is 0. The number of hydrogen-bond acceptors (Lipinski definition) is 4. The third kappa shape index (κ3) is 3.16. The van der Waals surface area contributed by atoms with Gasteiger partial charge in [-0.25, -0.2) is 0 Å². The number of benzene rings is 2. The molecule has 0 amide bonds. The maximum absolute atomic E-state index is 11.8. The lowest BCUT2D eigenvalue weighted by atomic mass is 10.2. The van der Waals surface area contributed by atoms with Gasteiger partial charge in [-0.05, 0) is 28.9 Å². The molecule has 0 bridgehead atoms. The summed E-state index contributed by atoms with van der Waals surface area (Å²) in [5, 5.41) is 15.6. The van der Waals surface area contributed by atoms with Gasteiger partial charge in [-0.2, -0.15) is 0 Å². The molecular weight excluding hydrogens is 290 g/mol. The summed E-state index contributed by atoms with van der Waals surface area (Å²) in [6.45, 7) is 0. The molecule has 0 saturated carbocycles. The minimum atomic E-state index is -0.550. The second-order valence-electron chi connectivity index (χ2n) is 5.15. The smallest absolute Gasteiger partial charge is 0.314 e. The van der Waals surface area contributed by atoms with Crippen LogP contribution in [0.5, 0.6) is 5.95 Å². The van der Waals surface area contributed by atoms with Crippen molar-refractivity contribution in [1.29, 1.82) is 0 Å². The molecule has 3 aromatic rings. The highest BCUT2D eigenvalue weighted by molar-refractivity contribution is 5.50. The Kier molecular flexibility index (Phi) is 3.98. The van der Waals surface area contributed by atoms with Crippen LogP contribution >= 0.6 is 0 Å². The van der Waals surface area contributed by atoms with Crippen molar-refractivity contribution in [3.63, 3.8) is 0 Å². The predicted octanol–water partition coefficient (Wildman–Crippen LogP) is 1.49. The predicted molar refractivity (Wildman–Crippen MR) is 84.2 cm³/mol. The molecule has 0 radical (unpaired) electrons. The van der Waals surface area contributed by atoms with Gasteiger partial charge in [0.25, 0.3) is 0 Å². The quantitative estimate of drug-likeness (QED) is 0.532. The zero-order valence-electron chi connectivity index (χ0n) is 12.9. The van der Waals surface area contributed by atoms with Crippen LogP contribution in [0.1, 0.15) is 11.3 Å². The molecule has 0 atom stereocenters. The van der Waals surface area contributed by atoms with E-state index in [1.807, 2.05) is 73.6 Å². The highest BCUT2D eigenvalue weighted by Crippen LogP contribution is 2.12. The minimum absolute atomic E-state index is 0.202. The van der Waals surface area contributed by atoms with E-state index in [1.165, 1.54) is 4.68 Å². The fourth-order valence-electron chi connectivity index (χ4n) is 2.07. The van der Waals surface area contributed by atoms with E-state index in [0.717, 1.165) is 16.9 Å². The molecule has 5 nitrogen and oxygen atoms in total. The summed E-state index contributed by atoms with van der Waals surface area (Å²) < 4.78 is 6.14. The highest BCUT2D eigenvalue weighted by atomic mass is 16.6. The van der Waals surface area contributed by atoms with E-state index in [-0.39, 0.29) is 5.69 Å². The van der Waals surface area contributed by atoms with Crippen LogP contribution in [0.25, 0.3) is 5.69 Å². The van der Waals surface area contributed by atoms with E-state index in [9.17, 15) is 5.11 Å². The van der Waals surface area contributed by atoms with Crippen LogP contribution in [0.4, 0.5) is 5.69 Å². The third-order valence-electron chi connectivity index (χ3n) is 3.32. The summed E-state index contributed by atoms with van der Waals surface area (Å²) in [6.07, 6.45) is 0. The first-order chi connectivity index (χ1) is 11.1. The van der Waals surface area contributed by atoms with Gasteiger partial charge >= 0.3 is 5.69 Å². The number of nitrogens with zero attached hydrogens (tertiary/aromatic N) is 3. The van der Waals surface area contributed by atoms with Crippen molar-refractivity contribution in [2.45, 2.75) is 0 Å². The lowest BCUT2D eigenvalue weighted by molar-refractivity contribution is -0.672. The normalized spacial score (nSPS) is 10.0. The van der Waals surface area contributed by atoms with Crippen molar-refractivity contribution in [2.24, 2.45) is 0 Å². The van der Waals surface area contributed by atoms with Gasteiger partial charge in [0.1, 0.15) is 0 Å². The second-order valence-corrected chi connectivity index (χ2v) is 5.15. The first-order valence-corrected chi connectivity index (χ1v) is 7.09. The van der Waals surface area contributed by atoms with Crippen LogP contribution in [0.15, 0.2) is 59.1 Å². The molecule has 0 aliphatic heterocycles. The van der Waals surface area contributed by atoms with E-state index >= 15 is 0 Å². The minimum Gasteiger partial charge on any atom is -0.538 e. The molecule has 2 aromatic carbocycles. The van der Waals surface area contributed by atoms with Crippen LogP contribution < -0.4 is 14.7 Å². The van der Waals surface area contributed by atoms with Gasteiger partial charge < -0.3 is 14.5 Å². The van der Waals surface area contributed by atoms with E-state index < -0.39 is 5.95 Å². The molecular formula is C18H15N3O2. The van der Waals surface area contributed by atoms with Crippen molar-refractivity contribution in [3.05, 3.63) is 65.9 Å². The maximum Gasteiger partial charge on any atom is 0.314 e. The van der Waals surface area contributed by atoms with Crippen molar-refractivity contribution >= 4 is 5.69 Å². The lowest BCUT2D eigenvalue weighted by Gasteiger charge is -2.11. The molecule has 114 valence electrons. The van der Waals surface area contributed by atoms with Gasteiger partial charge in [0.2, 0.25) is 5.69 Å². The molecule has 0 unspecified atom stereocenters. The average molecular weight is 305 g/mol. The fraction of sp³-hybridized carbons (Fsp3) is 0.111. The topological polar surface area (TPSA) is 56.2 Å². The van der Waals surface area contributed by atoms with Crippen LogP contribution in [0, 0.1) is 11.8 Å². The maximum atomic E-state index is 11.8. The molecule has 0 saturated heterocycles. The Bertz CT molecular complexity index is 857. The fourth-order valence-corrected chi connectivity index (χ4v) is 2.07. The summed E-state index contributed by atoms with van der Waals surface area (Å²) in [6, 6.07) is 17.0. The number of anilines is 1. The highest BCUT2D eigenvalue weighted by Gasteiger charge is 2.17. The zero-order valence-corrected chi connectivity index (χ0v) is 12.9. The summed E-state index contributed by atoms with van der Waals surface area (Å²) in [5.41, 5.74) is 2.83. The van der Waals surface area contributed by atoms with Gasteiger partial charge in [-0.1, -0.05) is 24.1 Å². The van der Waals surface area contributed by atoms with Crippen molar-refractivity contribution in [2.75, 3.05) is 19.0 Å². The summed E-state index contributed by atoms with van der Waals surface area (Å²) in [4.78, 5) is 2.01. The van der Waals surface area contributed by atoms with Crippen LogP contribution in [0.3, 0.4) is 0 Å². The number of rotatable bonds is 2. The molecule has 5 heteroatoms. The van der Waals surface area contributed by atoms with Gasteiger partial charge in [-0.3, -0.25) is 0 Å². The summed E-state index contributed by atoms with van der Waals surface area (Å²) in [7, 11) is 3.95. The molecule has 0 aliphatic carbocycles. The van der Waals surface area contributed by atoms with Crippen molar-refractivity contribution in [1.82, 2.24) is 5.27 Å². The largest absolute Gasteiger partial charge is 0.538 e. The molecule has 0 N–H and O–H groups in total. The van der Waals surface area contributed by atoms with Crippen molar-refractivity contribution < 1.29 is 14.3 Å². The standard InChI is InChI=1S/C18H15N3O2/c1-20(2)15-11-8-14(9-12-15)10-13-17-18(22)23-19-21(17)16-6-4-3-5-7-16/h3-9,11-12H,1-2H3. The number of para-hydroxylation sites is 1. The van der Waals surface area contributed by atoms with Crippen LogP contribution in [-0.4, -0.2) is 19.4 Å². The molecule has 0 spiro atoms.